The fraction of sp³-hybridized carbons (Fsp3) is 0.125. The van der Waals surface area contributed by atoms with E-state index in [1.54, 1.807) is 24.3 Å². The molecule has 2 rings (SSSR count). The van der Waals surface area contributed by atoms with E-state index in [2.05, 4.69) is 15.9 Å². The van der Waals surface area contributed by atoms with E-state index in [9.17, 15) is 4.79 Å². The Morgan fingerprint density at radius 2 is 1.95 bits per heavy atom. The van der Waals surface area contributed by atoms with E-state index in [1.807, 2.05) is 31.2 Å². The third kappa shape index (κ3) is 3.46. The third-order valence-electron chi connectivity index (χ3n) is 2.84. The number of halogens is 1. The minimum Gasteiger partial charge on any atom is -0.485 e. The Bertz CT molecular complexity index is 672. The Morgan fingerprint density at radius 3 is 2.60 bits per heavy atom. The number of carbonyl (C=O) groups excluding carboxylic acids is 1. The monoisotopic (exact) mass is 329 g/mol. The molecule has 2 aromatic rings. The molecule has 0 saturated carbocycles. The van der Waals surface area contributed by atoms with Gasteiger partial charge in [0.2, 0.25) is 0 Å². The van der Waals surface area contributed by atoms with Gasteiger partial charge >= 0.3 is 0 Å². The van der Waals surface area contributed by atoms with Crippen molar-refractivity contribution >= 4 is 21.7 Å². The number of Topliss-reactive ketones (excluding diaryl/α,β-unsaturated/α-hetero) is 1. The molecule has 0 N–H and O–H groups in total. The van der Waals surface area contributed by atoms with Crippen LogP contribution in [0, 0.1) is 18.3 Å². The fourth-order valence-electron chi connectivity index (χ4n) is 1.69. The van der Waals surface area contributed by atoms with Crippen molar-refractivity contribution in [2.45, 2.75) is 6.92 Å². The highest BCUT2D eigenvalue weighted by Gasteiger charge is 2.08. The number of hydrogen-bond acceptors (Lipinski definition) is 3. The van der Waals surface area contributed by atoms with Gasteiger partial charge in [0, 0.05) is 10.0 Å². The summed E-state index contributed by atoms with van der Waals surface area (Å²) in [5, 5.41) is 8.71. The largest absolute Gasteiger partial charge is 0.485 e. The van der Waals surface area contributed by atoms with Gasteiger partial charge in [-0.3, -0.25) is 4.79 Å². The van der Waals surface area contributed by atoms with Gasteiger partial charge in [0.15, 0.2) is 12.4 Å². The van der Waals surface area contributed by atoms with Crippen LogP contribution >= 0.6 is 15.9 Å². The van der Waals surface area contributed by atoms with Crippen LogP contribution in [0.25, 0.3) is 0 Å². The number of aryl methyl sites for hydroxylation is 1. The number of benzene rings is 2. The first kappa shape index (κ1) is 14.3. The minimum absolute atomic E-state index is 0.0246. The van der Waals surface area contributed by atoms with E-state index in [0.29, 0.717) is 16.9 Å². The Balaban J connectivity index is 2.04. The van der Waals surface area contributed by atoms with Gasteiger partial charge in [0.05, 0.1) is 11.6 Å². The molecule has 0 unspecified atom stereocenters. The number of carbonyl (C=O) groups is 1. The van der Waals surface area contributed by atoms with Gasteiger partial charge in [-0.1, -0.05) is 22.0 Å². The van der Waals surface area contributed by atoms with Gasteiger partial charge in [-0.25, -0.2) is 0 Å². The lowest BCUT2D eigenvalue weighted by molar-refractivity contribution is 0.0921. The van der Waals surface area contributed by atoms with Crippen molar-refractivity contribution in [3.05, 3.63) is 63.6 Å². The first-order valence-electron chi connectivity index (χ1n) is 6.02. The second kappa shape index (κ2) is 6.36. The molecule has 0 fully saturated rings. The summed E-state index contributed by atoms with van der Waals surface area (Å²) in [4.78, 5) is 12.0. The first-order chi connectivity index (χ1) is 9.60. The molecule has 0 saturated heterocycles. The normalized spacial score (nSPS) is 9.85. The zero-order chi connectivity index (χ0) is 14.5. The molecule has 0 aromatic heterocycles. The van der Waals surface area contributed by atoms with Crippen molar-refractivity contribution in [3.8, 4) is 11.8 Å². The molecule has 20 heavy (non-hydrogen) atoms. The van der Waals surface area contributed by atoms with Crippen LogP contribution in [0.4, 0.5) is 0 Å². The maximum absolute atomic E-state index is 12.0. The molecule has 0 aliphatic carbocycles. The second-order valence-electron chi connectivity index (χ2n) is 4.31. The fourth-order valence-corrected chi connectivity index (χ4v) is 2.03. The van der Waals surface area contributed by atoms with Crippen LogP contribution in [0.15, 0.2) is 46.9 Å². The molecular formula is C16H12BrNO2. The van der Waals surface area contributed by atoms with E-state index >= 15 is 0 Å². The lowest BCUT2D eigenvalue weighted by Gasteiger charge is -2.09. The minimum atomic E-state index is -0.117. The highest BCUT2D eigenvalue weighted by atomic mass is 79.9. The summed E-state index contributed by atoms with van der Waals surface area (Å²) in [6.07, 6.45) is 0. The maximum atomic E-state index is 12.0. The lowest BCUT2D eigenvalue weighted by Crippen LogP contribution is -2.12. The molecule has 0 heterocycles. The molecule has 100 valence electrons. The number of ketones is 1. The molecule has 0 aliphatic rings. The number of nitriles is 1. The summed E-state index contributed by atoms with van der Waals surface area (Å²) in [5.41, 5.74) is 2.04. The Morgan fingerprint density at radius 1 is 1.25 bits per heavy atom. The van der Waals surface area contributed by atoms with Crippen LogP contribution < -0.4 is 4.74 Å². The topological polar surface area (TPSA) is 50.1 Å². The quantitative estimate of drug-likeness (QED) is 0.799. The predicted molar refractivity (Wildman–Crippen MR) is 79.9 cm³/mol. The molecule has 0 amide bonds. The third-order valence-corrected chi connectivity index (χ3v) is 3.34. The van der Waals surface area contributed by atoms with Crippen molar-refractivity contribution in [2.75, 3.05) is 6.61 Å². The summed E-state index contributed by atoms with van der Waals surface area (Å²) in [6.45, 7) is 1.90. The van der Waals surface area contributed by atoms with Crippen LogP contribution in [-0.4, -0.2) is 12.4 Å². The van der Waals surface area contributed by atoms with Crippen molar-refractivity contribution < 1.29 is 9.53 Å². The summed E-state index contributed by atoms with van der Waals surface area (Å²) in [5.74, 6) is 0.565. The summed E-state index contributed by atoms with van der Waals surface area (Å²) in [6, 6.07) is 14.2. The Hall–Kier alpha value is -2.12. The van der Waals surface area contributed by atoms with Crippen LogP contribution in [-0.2, 0) is 0 Å². The maximum Gasteiger partial charge on any atom is 0.200 e. The molecule has 0 aliphatic heterocycles. The van der Waals surface area contributed by atoms with Crippen LogP contribution in [0.2, 0.25) is 0 Å². The number of hydrogen-bond donors (Lipinski definition) is 0. The molecular weight excluding hydrogens is 318 g/mol. The number of ether oxygens (including phenoxy) is 1. The summed E-state index contributed by atoms with van der Waals surface area (Å²) < 4.78 is 6.45. The van der Waals surface area contributed by atoms with E-state index in [0.717, 1.165) is 10.0 Å². The molecule has 0 radical (unpaired) electrons. The summed E-state index contributed by atoms with van der Waals surface area (Å²) >= 11 is 3.37. The van der Waals surface area contributed by atoms with Crippen LogP contribution in [0.1, 0.15) is 21.5 Å². The Labute approximate surface area is 125 Å². The van der Waals surface area contributed by atoms with Gasteiger partial charge in [-0.15, -0.1) is 0 Å². The summed E-state index contributed by atoms with van der Waals surface area (Å²) in [7, 11) is 0. The average molecular weight is 330 g/mol. The van der Waals surface area contributed by atoms with Gasteiger partial charge in [0.1, 0.15) is 5.75 Å². The van der Waals surface area contributed by atoms with Crippen LogP contribution in [0.5, 0.6) is 5.75 Å². The van der Waals surface area contributed by atoms with Gasteiger partial charge in [0.25, 0.3) is 0 Å². The molecule has 2 aromatic carbocycles. The smallest absolute Gasteiger partial charge is 0.200 e. The standard InChI is InChI=1S/C16H12BrNO2/c1-11-2-7-14(17)8-16(11)20-10-15(19)13-5-3-12(9-18)4-6-13/h2-8H,10H2,1H3. The Kier molecular flexibility index (Phi) is 4.54. The number of rotatable bonds is 4. The molecule has 0 bridgehead atoms. The molecule has 4 heteroatoms. The SMILES string of the molecule is Cc1ccc(Br)cc1OCC(=O)c1ccc(C#N)cc1. The lowest BCUT2D eigenvalue weighted by atomic mass is 10.1. The van der Waals surface area contributed by atoms with Crippen LogP contribution in [0.3, 0.4) is 0 Å². The van der Waals surface area contributed by atoms with E-state index in [1.165, 1.54) is 0 Å². The highest BCUT2D eigenvalue weighted by molar-refractivity contribution is 9.10. The molecule has 3 nitrogen and oxygen atoms in total. The zero-order valence-corrected chi connectivity index (χ0v) is 12.5. The molecule has 0 spiro atoms. The van der Waals surface area contributed by atoms with Crippen molar-refractivity contribution in [2.24, 2.45) is 0 Å². The van der Waals surface area contributed by atoms with Gasteiger partial charge < -0.3 is 4.74 Å². The van der Waals surface area contributed by atoms with E-state index < -0.39 is 0 Å². The van der Waals surface area contributed by atoms with Gasteiger partial charge in [-0.2, -0.15) is 5.26 Å². The highest BCUT2D eigenvalue weighted by Crippen LogP contribution is 2.23. The van der Waals surface area contributed by atoms with Gasteiger partial charge in [-0.05, 0) is 48.9 Å². The zero-order valence-electron chi connectivity index (χ0n) is 10.9. The van der Waals surface area contributed by atoms with Crippen molar-refractivity contribution in [3.63, 3.8) is 0 Å². The first-order valence-corrected chi connectivity index (χ1v) is 6.82. The number of nitrogens with zero attached hydrogens (tertiary/aromatic N) is 1. The van der Waals surface area contributed by atoms with Crippen molar-refractivity contribution in [1.29, 1.82) is 5.26 Å². The van der Waals surface area contributed by atoms with Crippen molar-refractivity contribution in [1.82, 2.24) is 0 Å². The van der Waals surface area contributed by atoms with E-state index in [4.69, 9.17) is 10.00 Å². The average Bonchev–Trinajstić information content (AvgIpc) is 2.48. The molecule has 0 atom stereocenters. The predicted octanol–water partition coefficient (Wildman–Crippen LogP) is 3.89. The second-order valence-corrected chi connectivity index (χ2v) is 5.23. The van der Waals surface area contributed by atoms with E-state index in [-0.39, 0.29) is 12.4 Å².